The zero-order valence-corrected chi connectivity index (χ0v) is 16.4. The molecule has 2 aliphatic carbocycles. The van der Waals surface area contributed by atoms with Crippen molar-refractivity contribution in [1.82, 2.24) is 15.3 Å². The van der Waals surface area contributed by atoms with E-state index in [0.717, 1.165) is 50.4 Å². The van der Waals surface area contributed by atoms with Crippen LogP contribution in [0.1, 0.15) is 70.9 Å². The van der Waals surface area contributed by atoms with Crippen LogP contribution >= 0.6 is 0 Å². The predicted octanol–water partition coefficient (Wildman–Crippen LogP) is 3.62. The van der Waals surface area contributed by atoms with E-state index in [2.05, 4.69) is 29.1 Å². The Labute approximate surface area is 161 Å². The molecule has 0 aromatic carbocycles. The predicted molar refractivity (Wildman–Crippen MR) is 102 cm³/mol. The van der Waals surface area contributed by atoms with Crippen LogP contribution in [0, 0.1) is 29.1 Å². The lowest BCUT2D eigenvalue weighted by molar-refractivity contribution is -0.127. The second-order valence-electron chi connectivity index (χ2n) is 8.28. The van der Waals surface area contributed by atoms with Crippen molar-refractivity contribution in [3.8, 4) is 11.9 Å². The number of aromatic nitrogens is 2. The summed E-state index contributed by atoms with van der Waals surface area (Å²) in [5.41, 5.74) is 0.227. The molecule has 0 aliphatic heterocycles. The molecular weight excluding hydrogens is 340 g/mol. The topological polar surface area (TPSA) is 87.9 Å². The highest BCUT2D eigenvalue weighted by molar-refractivity contribution is 5.79. The third-order valence-electron chi connectivity index (χ3n) is 6.15. The highest BCUT2D eigenvalue weighted by Crippen LogP contribution is 2.33. The fourth-order valence-corrected chi connectivity index (χ4v) is 4.34. The van der Waals surface area contributed by atoms with E-state index in [1.54, 1.807) is 0 Å². The molecule has 1 aromatic rings. The Morgan fingerprint density at radius 1 is 1.11 bits per heavy atom. The van der Waals surface area contributed by atoms with Gasteiger partial charge in [-0.15, -0.1) is 0 Å². The fraction of sp³-hybridized carbons (Fsp3) is 0.714. The lowest BCUT2D eigenvalue weighted by Crippen LogP contribution is -2.43. The minimum Gasteiger partial charge on any atom is -0.472 e. The number of carbonyl (C=O) groups excluding carboxylic acids is 1. The molecule has 1 amide bonds. The molecule has 2 fully saturated rings. The van der Waals surface area contributed by atoms with Crippen molar-refractivity contribution >= 4 is 5.91 Å². The molecule has 1 aromatic heterocycles. The fourth-order valence-electron chi connectivity index (χ4n) is 4.34. The van der Waals surface area contributed by atoms with Crippen molar-refractivity contribution in [2.45, 2.75) is 77.4 Å². The molecule has 0 radical (unpaired) electrons. The molecule has 1 heterocycles. The quantitative estimate of drug-likeness (QED) is 0.855. The molecule has 0 saturated heterocycles. The van der Waals surface area contributed by atoms with Gasteiger partial charge in [-0.05, 0) is 63.2 Å². The van der Waals surface area contributed by atoms with Crippen molar-refractivity contribution < 1.29 is 9.53 Å². The molecule has 146 valence electrons. The van der Waals surface area contributed by atoms with E-state index in [4.69, 9.17) is 10.00 Å². The van der Waals surface area contributed by atoms with Gasteiger partial charge in [-0.3, -0.25) is 4.79 Å². The molecule has 27 heavy (non-hydrogen) atoms. The number of nitrogens with one attached hydrogen (secondary N) is 1. The average molecular weight is 370 g/mol. The smallest absolute Gasteiger partial charge is 0.251 e. The molecule has 0 spiro atoms. The Kier molecular flexibility index (Phi) is 6.65. The van der Waals surface area contributed by atoms with E-state index in [1.807, 2.05) is 6.07 Å². The van der Waals surface area contributed by atoms with Crippen LogP contribution in [-0.2, 0) is 4.79 Å². The van der Waals surface area contributed by atoms with Crippen molar-refractivity contribution in [2.75, 3.05) is 0 Å². The summed E-state index contributed by atoms with van der Waals surface area (Å²) >= 11 is 0. The number of amides is 1. The third kappa shape index (κ3) is 5.18. The highest BCUT2D eigenvalue weighted by Gasteiger charge is 2.30. The van der Waals surface area contributed by atoms with E-state index in [0.29, 0.717) is 5.88 Å². The summed E-state index contributed by atoms with van der Waals surface area (Å²) in [6.45, 7) is 4.57. The minimum atomic E-state index is 0.0310. The van der Waals surface area contributed by atoms with Crippen LogP contribution in [0.2, 0.25) is 0 Å². The number of nitriles is 1. The maximum atomic E-state index is 12.6. The van der Waals surface area contributed by atoms with Gasteiger partial charge >= 0.3 is 0 Å². The molecule has 1 N–H and O–H groups in total. The Morgan fingerprint density at radius 3 is 2.41 bits per heavy atom. The van der Waals surface area contributed by atoms with Crippen molar-refractivity contribution in [2.24, 2.45) is 17.8 Å². The Balaban J connectivity index is 1.42. The number of carbonyl (C=O) groups is 1. The van der Waals surface area contributed by atoms with Crippen LogP contribution in [0.4, 0.5) is 0 Å². The summed E-state index contributed by atoms with van der Waals surface area (Å²) < 4.78 is 5.87. The summed E-state index contributed by atoms with van der Waals surface area (Å²) in [5.74, 6) is 2.24. The molecule has 0 atom stereocenters. The van der Waals surface area contributed by atoms with Crippen LogP contribution in [-0.4, -0.2) is 28.0 Å². The van der Waals surface area contributed by atoms with E-state index in [9.17, 15) is 4.79 Å². The number of ether oxygens (including phenoxy) is 1. The van der Waals surface area contributed by atoms with E-state index >= 15 is 0 Å². The van der Waals surface area contributed by atoms with E-state index in [-0.39, 0.29) is 29.7 Å². The molecular formula is C21H30N4O2. The highest BCUT2D eigenvalue weighted by atomic mass is 16.5. The largest absolute Gasteiger partial charge is 0.472 e. The average Bonchev–Trinajstić information content (AvgIpc) is 2.70. The Bertz CT molecular complexity index is 669. The molecule has 6 heteroatoms. The molecule has 2 aliphatic rings. The monoisotopic (exact) mass is 370 g/mol. The second kappa shape index (κ2) is 9.16. The first-order valence-corrected chi connectivity index (χ1v) is 10.2. The standard InChI is InChI=1S/C21H30N4O2/c1-14(2)15-3-5-16(6-4-15)20(26)25-17-7-9-18(10-8-17)27-21-19(13-22)23-11-12-24-21/h11-12,14-18H,3-10H2,1-2H3,(H,25,26). The molecule has 3 rings (SSSR count). The minimum absolute atomic E-state index is 0.0310. The zero-order chi connectivity index (χ0) is 19.2. The summed E-state index contributed by atoms with van der Waals surface area (Å²) in [6.07, 6.45) is 11.0. The number of hydrogen-bond acceptors (Lipinski definition) is 5. The van der Waals surface area contributed by atoms with Gasteiger partial charge in [-0.1, -0.05) is 13.8 Å². The number of hydrogen-bond donors (Lipinski definition) is 1. The van der Waals surface area contributed by atoms with E-state index < -0.39 is 0 Å². The van der Waals surface area contributed by atoms with Crippen LogP contribution in [0.3, 0.4) is 0 Å². The Hall–Kier alpha value is -2.16. The second-order valence-corrected chi connectivity index (χ2v) is 8.28. The van der Waals surface area contributed by atoms with E-state index in [1.165, 1.54) is 25.2 Å². The number of nitrogens with zero attached hydrogens (tertiary/aromatic N) is 3. The maximum Gasteiger partial charge on any atom is 0.251 e. The van der Waals surface area contributed by atoms with Gasteiger partial charge in [0.05, 0.1) is 0 Å². The van der Waals surface area contributed by atoms with Gasteiger partial charge in [-0.2, -0.15) is 5.26 Å². The summed E-state index contributed by atoms with van der Waals surface area (Å²) in [7, 11) is 0. The molecule has 2 saturated carbocycles. The normalized spacial score (nSPS) is 28.4. The van der Waals surface area contributed by atoms with Crippen LogP contribution in [0.25, 0.3) is 0 Å². The van der Waals surface area contributed by atoms with Crippen LogP contribution in [0.15, 0.2) is 12.4 Å². The SMILES string of the molecule is CC(C)C1CCC(C(=O)NC2CCC(Oc3nccnc3C#N)CC2)CC1. The lowest BCUT2D eigenvalue weighted by Gasteiger charge is -2.33. The summed E-state index contributed by atoms with van der Waals surface area (Å²) in [4.78, 5) is 20.7. The van der Waals surface area contributed by atoms with Crippen molar-refractivity contribution in [3.63, 3.8) is 0 Å². The van der Waals surface area contributed by atoms with Gasteiger partial charge in [0, 0.05) is 24.4 Å². The molecule has 0 bridgehead atoms. The summed E-state index contributed by atoms with van der Waals surface area (Å²) in [5, 5.41) is 12.3. The Morgan fingerprint density at radius 2 is 1.78 bits per heavy atom. The maximum absolute atomic E-state index is 12.6. The van der Waals surface area contributed by atoms with Crippen LogP contribution < -0.4 is 10.1 Å². The van der Waals surface area contributed by atoms with Crippen LogP contribution in [0.5, 0.6) is 5.88 Å². The first kappa shape index (κ1) is 19.6. The first-order chi connectivity index (χ1) is 13.1. The zero-order valence-electron chi connectivity index (χ0n) is 16.4. The van der Waals surface area contributed by atoms with Gasteiger partial charge in [0.1, 0.15) is 12.2 Å². The molecule has 0 unspecified atom stereocenters. The van der Waals surface area contributed by atoms with Gasteiger partial charge in [0.15, 0.2) is 0 Å². The van der Waals surface area contributed by atoms with Crippen molar-refractivity contribution in [3.05, 3.63) is 18.1 Å². The van der Waals surface area contributed by atoms with Gasteiger partial charge in [0.25, 0.3) is 5.88 Å². The summed E-state index contributed by atoms with van der Waals surface area (Å²) in [6, 6.07) is 2.24. The van der Waals surface area contributed by atoms with Gasteiger partial charge < -0.3 is 10.1 Å². The van der Waals surface area contributed by atoms with Crippen molar-refractivity contribution in [1.29, 1.82) is 5.26 Å². The third-order valence-corrected chi connectivity index (χ3v) is 6.15. The first-order valence-electron chi connectivity index (χ1n) is 10.2. The molecule has 6 nitrogen and oxygen atoms in total. The van der Waals surface area contributed by atoms with Gasteiger partial charge in [-0.25, -0.2) is 9.97 Å². The lowest BCUT2D eigenvalue weighted by atomic mass is 9.76. The number of rotatable bonds is 5. The van der Waals surface area contributed by atoms with Gasteiger partial charge in [0.2, 0.25) is 11.6 Å².